The largest absolute Gasteiger partial charge is 0.491 e. The molecule has 1 saturated carbocycles. The Morgan fingerprint density at radius 1 is 1.13 bits per heavy atom. The minimum absolute atomic E-state index is 0.0860. The van der Waals surface area contributed by atoms with Gasteiger partial charge in [-0.2, -0.15) is 0 Å². The molecule has 0 aromatic heterocycles. The Morgan fingerprint density at radius 2 is 1.87 bits per heavy atom. The molecular weight excluding hydrogens is 427 g/mol. The maximum absolute atomic E-state index is 12.5. The van der Waals surface area contributed by atoms with E-state index in [0.29, 0.717) is 35.5 Å². The highest BCUT2D eigenvalue weighted by Crippen LogP contribution is 2.24. The number of halogens is 2. The molecule has 3 rings (SSSR count). The molecule has 2 aromatic rings. The van der Waals surface area contributed by atoms with Crippen molar-refractivity contribution >= 4 is 40.0 Å². The lowest BCUT2D eigenvalue weighted by Crippen LogP contribution is -2.08. The Labute approximate surface area is 154 Å². The summed E-state index contributed by atoms with van der Waals surface area (Å²) in [5.74, 6) is 0.645. The van der Waals surface area contributed by atoms with E-state index in [1.54, 1.807) is 36.4 Å². The molecule has 5 heteroatoms. The molecule has 0 radical (unpaired) electrons. The Bertz CT molecular complexity index is 696. The van der Waals surface area contributed by atoms with E-state index in [1.807, 2.05) is 6.07 Å². The molecule has 1 aliphatic carbocycles. The van der Waals surface area contributed by atoms with Crippen LogP contribution in [0.5, 0.6) is 5.75 Å². The number of carbonyl (C=O) groups excluding carboxylic acids is 1. The van der Waals surface area contributed by atoms with E-state index >= 15 is 0 Å². The van der Waals surface area contributed by atoms with Gasteiger partial charge in [-0.25, -0.2) is 0 Å². The van der Waals surface area contributed by atoms with Crippen molar-refractivity contribution in [2.75, 3.05) is 13.2 Å². The van der Waals surface area contributed by atoms with Gasteiger partial charge in [-0.3, -0.25) is 4.79 Å². The van der Waals surface area contributed by atoms with Crippen molar-refractivity contribution in [3.05, 3.63) is 62.2 Å². The highest BCUT2D eigenvalue weighted by molar-refractivity contribution is 14.1. The molecule has 1 aliphatic rings. The number of carbonyl (C=O) groups is 1. The highest BCUT2D eigenvalue weighted by atomic mass is 127. The summed E-state index contributed by atoms with van der Waals surface area (Å²) in [6.07, 6.45) is 2.77. The second kappa shape index (κ2) is 7.64. The first kappa shape index (κ1) is 16.7. The van der Waals surface area contributed by atoms with Gasteiger partial charge < -0.3 is 9.47 Å². The third-order valence-electron chi connectivity index (χ3n) is 3.52. The summed E-state index contributed by atoms with van der Waals surface area (Å²) in [5, 5.41) is 0.466. The monoisotopic (exact) mass is 442 g/mol. The summed E-state index contributed by atoms with van der Waals surface area (Å²) in [4.78, 5) is 12.5. The molecule has 0 spiro atoms. The summed E-state index contributed by atoms with van der Waals surface area (Å²) < 4.78 is 12.1. The zero-order chi connectivity index (χ0) is 16.2. The van der Waals surface area contributed by atoms with Gasteiger partial charge >= 0.3 is 0 Å². The maximum Gasteiger partial charge on any atom is 0.194 e. The fourth-order valence-electron chi connectivity index (χ4n) is 2.14. The number of benzene rings is 2. The van der Waals surface area contributed by atoms with Crippen LogP contribution in [0.15, 0.2) is 42.5 Å². The Hall–Kier alpha value is -1.11. The molecule has 120 valence electrons. The van der Waals surface area contributed by atoms with Gasteiger partial charge in [0.1, 0.15) is 12.4 Å². The number of hydrogen-bond acceptors (Lipinski definition) is 3. The van der Waals surface area contributed by atoms with Crippen LogP contribution in [0.3, 0.4) is 0 Å². The summed E-state index contributed by atoms with van der Waals surface area (Å²) >= 11 is 8.29. The molecule has 0 unspecified atom stereocenters. The minimum Gasteiger partial charge on any atom is -0.491 e. The first-order valence-corrected chi connectivity index (χ1v) is 8.93. The summed E-state index contributed by atoms with van der Waals surface area (Å²) in [6, 6.07) is 12.5. The molecule has 3 nitrogen and oxygen atoms in total. The molecule has 0 saturated heterocycles. The molecular formula is C18H16ClIO3. The van der Waals surface area contributed by atoms with Gasteiger partial charge in [-0.15, -0.1) is 0 Å². The van der Waals surface area contributed by atoms with Gasteiger partial charge in [0.25, 0.3) is 0 Å². The van der Waals surface area contributed by atoms with Crippen LogP contribution in [-0.2, 0) is 4.74 Å². The van der Waals surface area contributed by atoms with E-state index in [4.69, 9.17) is 21.1 Å². The van der Waals surface area contributed by atoms with Crippen LogP contribution in [0.2, 0.25) is 5.02 Å². The van der Waals surface area contributed by atoms with Crippen molar-refractivity contribution < 1.29 is 14.3 Å². The summed E-state index contributed by atoms with van der Waals surface area (Å²) in [5.41, 5.74) is 1.11. The smallest absolute Gasteiger partial charge is 0.194 e. The van der Waals surface area contributed by atoms with E-state index in [9.17, 15) is 4.79 Å². The number of rotatable bonds is 7. The van der Waals surface area contributed by atoms with Crippen molar-refractivity contribution in [2.24, 2.45) is 0 Å². The van der Waals surface area contributed by atoms with E-state index in [2.05, 4.69) is 22.6 Å². The van der Waals surface area contributed by atoms with Gasteiger partial charge in [0.05, 0.1) is 17.7 Å². The van der Waals surface area contributed by atoms with Gasteiger partial charge in [-0.05, 0) is 77.9 Å². The predicted molar refractivity (Wildman–Crippen MR) is 98.5 cm³/mol. The maximum atomic E-state index is 12.5. The average Bonchev–Trinajstić information content (AvgIpc) is 3.38. The van der Waals surface area contributed by atoms with Crippen LogP contribution in [0.4, 0.5) is 0 Å². The Kier molecular flexibility index (Phi) is 5.56. The fourth-order valence-corrected chi connectivity index (χ4v) is 2.83. The Balaban J connectivity index is 1.61. The second-order valence-electron chi connectivity index (χ2n) is 5.40. The third kappa shape index (κ3) is 4.68. The van der Waals surface area contributed by atoms with E-state index in [1.165, 1.54) is 0 Å². The number of ether oxygens (including phenoxy) is 2. The van der Waals surface area contributed by atoms with Crippen LogP contribution in [0.25, 0.3) is 0 Å². The van der Waals surface area contributed by atoms with Gasteiger partial charge in [0.15, 0.2) is 5.78 Å². The molecule has 0 atom stereocenters. The zero-order valence-electron chi connectivity index (χ0n) is 12.4. The van der Waals surface area contributed by atoms with Gasteiger partial charge in [0, 0.05) is 14.7 Å². The fraction of sp³-hybridized carbons (Fsp3) is 0.278. The first-order chi connectivity index (χ1) is 11.1. The lowest BCUT2D eigenvalue weighted by Gasteiger charge is -2.08. The van der Waals surface area contributed by atoms with Gasteiger partial charge in [0.2, 0.25) is 0 Å². The van der Waals surface area contributed by atoms with Crippen LogP contribution in [0.1, 0.15) is 28.8 Å². The number of ketones is 1. The molecule has 0 heterocycles. The van der Waals surface area contributed by atoms with Crippen molar-refractivity contribution in [2.45, 2.75) is 18.9 Å². The van der Waals surface area contributed by atoms with Gasteiger partial charge in [-0.1, -0.05) is 11.6 Å². The van der Waals surface area contributed by atoms with E-state index < -0.39 is 0 Å². The molecule has 2 aromatic carbocycles. The average molecular weight is 443 g/mol. The van der Waals surface area contributed by atoms with E-state index in [0.717, 1.165) is 22.2 Å². The summed E-state index contributed by atoms with van der Waals surface area (Å²) in [7, 11) is 0. The summed E-state index contributed by atoms with van der Waals surface area (Å²) in [6.45, 7) is 1.12. The lowest BCUT2D eigenvalue weighted by atomic mass is 10.0. The molecule has 23 heavy (non-hydrogen) atoms. The zero-order valence-corrected chi connectivity index (χ0v) is 15.3. The van der Waals surface area contributed by atoms with Crippen LogP contribution < -0.4 is 4.74 Å². The minimum atomic E-state index is -0.0860. The molecule has 0 bridgehead atoms. The molecule has 1 fully saturated rings. The van der Waals surface area contributed by atoms with Crippen molar-refractivity contribution in [3.63, 3.8) is 0 Å². The van der Waals surface area contributed by atoms with Crippen molar-refractivity contribution in [1.82, 2.24) is 0 Å². The first-order valence-electron chi connectivity index (χ1n) is 7.48. The molecule has 0 amide bonds. The van der Waals surface area contributed by atoms with Crippen molar-refractivity contribution in [1.29, 1.82) is 0 Å². The quantitative estimate of drug-likeness (QED) is 0.353. The SMILES string of the molecule is O=C(c1ccc(OCCOC2CC2)cc1)c1cc(I)ccc1Cl. The van der Waals surface area contributed by atoms with E-state index in [-0.39, 0.29) is 5.78 Å². The molecule has 0 N–H and O–H groups in total. The molecule has 0 aliphatic heterocycles. The van der Waals surface area contributed by atoms with Crippen LogP contribution in [0, 0.1) is 3.57 Å². The second-order valence-corrected chi connectivity index (χ2v) is 7.05. The predicted octanol–water partition coefficient (Wildman–Crippen LogP) is 4.73. The normalized spacial score (nSPS) is 13.8. The highest BCUT2D eigenvalue weighted by Gasteiger charge is 2.21. The topological polar surface area (TPSA) is 35.5 Å². The number of hydrogen-bond donors (Lipinski definition) is 0. The Morgan fingerprint density at radius 3 is 2.57 bits per heavy atom. The van der Waals surface area contributed by atoms with Crippen molar-refractivity contribution in [3.8, 4) is 5.75 Å². The van der Waals surface area contributed by atoms with Crippen LogP contribution >= 0.6 is 34.2 Å². The lowest BCUT2D eigenvalue weighted by molar-refractivity contribution is 0.0880. The third-order valence-corrected chi connectivity index (χ3v) is 4.52. The standard InChI is InChI=1S/C18H16ClIO3/c19-17-8-3-13(20)11-16(17)18(21)12-1-4-14(5-2-12)22-9-10-23-15-6-7-15/h1-5,8,11,15H,6-7,9-10H2. The van der Waals surface area contributed by atoms with Crippen LogP contribution in [-0.4, -0.2) is 25.1 Å².